The van der Waals surface area contributed by atoms with Gasteiger partial charge in [0.05, 0.1) is 12.2 Å². The van der Waals surface area contributed by atoms with Crippen LogP contribution in [0.1, 0.15) is 24.6 Å². The summed E-state index contributed by atoms with van der Waals surface area (Å²) in [5.41, 5.74) is 2.16. The van der Waals surface area contributed by atoms with E-state index in [4.69, 9.17) is 0 Å². The number of carbonyl (C=O) groups is 1. The molecule has 1 aromatic rings. The van der Waals surface area contributed by atoms with Crippen LogP contribution in [0, 0.1) is 6.92 Å². The van der Waals surface area contributed by atoms with Crippen molar-refractivity contribution >= 4 is 11.7 Å². The molecule has 2 N–H and O–H groups in total. The van der Waals surface area contributed by atoms with Crippen molar-refractivity contribution in [2.24, 2.45) is 7.05 Å². The van der Waals surface area contributed by atoms with Crippen molar-refractivity contribution in [3.63, 3.8) is 0 Å². The van der Waals surface area contributed by atoms with Crippen molar-refractivity contribution in [2.45, 2.75) is 26.8 Å². The van der Waals surface area contributed by atoms with Gasteiger partial charge < -0.3 is 15.5 Å². The van der Waals surface area contributed by atoms with Gasteiger partial charge in [-0.3, -0.25) is 9.48 Å². The third-order valence-electron chi connectivity index (χ3n) is 3.06. The lowest BCUT2D eigenvalue weighted by Crippen LogP contribution is -2.34. The first-order chi connectivity index (χ1) is 9.01. The Morgan fingerprint density at radius 3 is 2.74 bits per heavy atom. The van der Waals surface area contributed by atoms with E-state index < -0.39 is 0 Å². The van der Waals surface area contributed by atoms with Crippen LogP contribution in [0.5, 0.6) is 0 Å². The van der Waals surface area contributed by atoms with Crippen molar-refractivity contribution in [3.05, 3.63) is 11.3 Å². The van der Waals surface area contributed by atoms with Crippen LogP contribution >= 0.6 is 0 Å². The molecule has 6 nitrogen and oxygen atoms in total. The zero-order valence-electron chi connectivity index (χ0n) is 12.6. The molecular formula is C13H25N5O. The lowest BCUT2D eigenvalue weighted by molar-refractivity contribution is -0.119. The number of hydrogen-bond acceptors (Lipinski definition) is 4. The van der Waals surface area contributed by atoms with Gasteiger partial charge >= 0.3 is 0 Å². The maximum atomic E-state index is 11.5. The van der Waals surface area contributed by atoms with E-state index in [2.05, 4.69) is 22.7 Å². The number of likely N-dealkylation sites (N-methyl/N-ethyl adjacent to an activating group) is 2. The first-order valence-electron chi connectivity index (χ1n) is 6.66. The van der Waals surface area contributed by atoms with Crippen LogP contribution in [-0.4, -0.2) is 42.9 Å². The minimum absolute atomic E-state index is 0.00572. The molecule has 0 aliphatic rings. The lowest BCUT2D eigenvalue weighted by Gasteiger charge is -2.20. The number of nitrogens with one attached hydrogen (secondary N) is 2. The minimum atomic E-state index is -0.00572. The molecule has 6 heteroatoms. The number of amides is 1. The largest absolute Gasteiger partial charge is 0.358 e. The third kappa shape index (κ3) is 3.96. The van der Waals surface area contributed by atoms with Crippen molar-refractivity contribution in [2.75, 3.05) is 32.1 Å². The molecule has 108 valence electrons. The van der Waals surface area contributed by atoms with E-state index in [-0.39, 0.29) is 5.91 Å². The van der Waals surface area contributed by atoms with Crippen LogP contribution in [0.4, 0.5) is 5.82 Å². The van der Waals surface area contributed by atoms with E-state index in [0.29, 0.717) is 6.54 Å². The molecule has 0 unspecified atom stereocenters. The van der Waals surface area contributed by atoms with Gasteiger partial charge in [0.1, 0.15) is 5.82 Å². The highest BCUT2D eigenvalue weighted by Gasteiger charge is 2.17. The molecule has 0 aromatic carbocycles. The molecule has 0 bridgehead atoms. The Hall–Kier alpha value is -1.56. The van der Waals surface area contributed by atoms with Crippen LogP contribution in [0.25, 0.3) is 0 Å². The molecule has 0 fully saturated rings. The summed E-state index contributed by atoms with van der Waals surface area (Å²) in [6.07, 6.45) is 1.10. The Kier molecular flexibility index (Phi) is 5.82. The predicted molar refractivity (Wildman–Crippen MR) is 77.3 cm³/mol. The molecule has 0 radical (unpaired) electrons. The molecule has 1 amide bonds. The second-order valence-electron chi connectivity index (χ2n) is 4.72. The molecule has 0 atom stereocenters. The van der Waals surface area contributed by atoms with E-state index >= 15 is 0 Å². The molecule has 1 rings (SSSR count). The van der Waals surface area contributed by atoms with Crippen LogP contribution in [-0.2, 0) is 18.4 Å². The summed E-state index contributed by atoms with van der Waals surface area (Å²) in [5, 5.41) is 10.5. The Balaban J connectivity index is 2.88. The Morgan fingerprint density at radius 2 is 2.16 bits per heavy atom. The van der Waals surface area contributed by atoms with Gasteiger partial charge in [0.2, 0.25) is 5.91 Å². The van der Waals surface area contributed by atoms with E-state index in [1.165, 1.54) is 0 Å². The van der Waals surface area contributed by atoms with Gasteiger partial charge in [-0.05, 0) is 19.9 Å². The molecule has 1 aromatic heterocycles. The van der Waals surface area contributed by atoms with E-state index in [1.54, 1.807) is 7.05 Å². The number of anilines is 1. The fraction of sp³-hybridized carbons (Fsp3) is 0.692. The summed E-state index contributed by atoms with van der Waals surface area (Å²) in [6, 6.07) is 0. The average Bonchev–Trinajstić information content (AvgIpc) is 2.64. The molecular weight excluding hydrogens is 242 g/mol. The van der Waals surface area contributed by atoms with Crippen molar-refractivity contribution in [1.29, 1.82) is 0 Å². The molecule has 1 heterocycles. The highest BCUT2D eigenvalue weighted by atomic mass is 16.1. The number of aryl methyl sites for hydroxylation is 2. The third-order valence-corrected chi connectivity index (χ3v) is 3.06. The first-order valence-corrected chi connectivity index (χ1v) is 6.66. The zero-order chi connectivity index (χ0) is 14.4. The van der Waals surface area contributed by atoms with Crippen LogP contribution in [0.2, 0.25) is 0 Å². The highest BCUT2D eigenvalue weighted by Crippen LogP contribution is 2.21. The topological polar surface area (TPSA) is 62.2 Å². The van der Waals surface area contributed by atoms with Gasteiger partial charge in [-0.1, -0.05) is 6.92 Å². The fourth-order valence-corrected chi connectivity index (χ4v) is 2.13. The predicted octanol–water partition coefficient (Wildman–Crippen LogP) is 0.410. The molecule has 19 heavy (non-hydrogen) atoms. The Morgan fingerprint density at radius 1 is 1.47 bits per heavy atom. The van der Waals surface area contributed by atoms with Crippen LogP contribution < -0.4 is 15.5 Å². The van der Waals surface area contributed by atoms with E-state index in [1.807, 2.05) is 30.6 Å². The Bertz CT molecular complexity index is 427. The maximum absolute atomic E-state index is 11.5. The zero-order valence-corrected chi connectivity index (χ0v) is 12.6. The maximum Gasteiger partial charge on any atom is 0.239 e. The summed E-state index contributed by atoms with van der Waals surface area (Å²) in [5.74, 6) is 0.985. The summed E-state index contributed by atoms with van der Waals surface area (Å²) in [6.45, 7) is 6.23. The number of carbonyl (C=O) groups excluding carboxylic acids is 1. The van der Waals surface area contributed by atoms with Gasteiger partial charge in [-0.15, -0.1) is 0 Å². The number of rotatable bonds is 7. The van der Waals surface area contributed by atoms with Gasteiger partial charge in [-0.2, -0.15) is 5.10 Å². The number of nitrogens with zero attached hydrogens (tertiary/aromatic N) is 3. The summed E-state index contributed by atoms with van der Waals surface area (Å²) < 4.78 is 1.83. The lowest BCUT2D eigenvalue weighted by atomic mass is 10.2. The van der Waals surface area contributed by atoms with Crippen LogP contribution in [0.15, 0.2) is 0 Å². The summed E-state index contributed by atoms with van der Waals surface area (Å²) in [7, 11) is 5.47. The fourth-order valence-electron chi connectivity index (χ4n) is 2.13. The molecule has 0 saturated carbocycles. The van der Waals surface area contributed by atoms with Gasteiger partial charge in [0.15, 0.2) is 0 Å². The minimum Gasteiger partial charge on any atom is -0.358 e. The summed E-state index contributed by atoms with van der Waals surface area (Å²) in [4.78, 5) is 13.4. The SMILES string of the molecule is CCCNCc1c(C)nn(C)c1N(C)CC(=O)NC. The molecule has 0 aliphatic heterocycles. The second-order valence-corrected chi connectivity index (χ2v) is 4.72. The monoisotopic (exact) mass is 267 g/mol. The molecule has 0 spiro atoms. The van der Waals surface area contributed by atoms with Gasteiger partial charge in [0, 0.05) is 33.3 Å². The smallest absolute Gasteiger partial charge is 0.239 e. The molecule has 0 saturated heterocycles. The van der Waals surface area contributed by atoms with E-state index in [0.717, 1.165) is 36.6 Å². The highest BCUT2D eigenvalue weighted by molar-refractivity contribution is 5.80. The van der Waals surface area contributed by atoms with Crippen molar-refractivity contribution < 1.29 is 4.79 Å². The second kappa shape index (κ2) is 7.13. The average molecular weight is 267 g/mol. The number of aromatic nitrogens is 2. The Labute approximate surface area is 115 Å². The van der Waals surface area contributed by atoms with Crippen molar-refractivity contribution in [1.82, 2.24) is 20.4 Å². The standard InChI is InChI=1S/C13H25N5O/c1-6-7-15-8-11-10(2)16-18(5)13(11)17(4)9-12(19)14-3/h15H,6-9H2,1-5H3,(H,14,19). The van der Waals surface area contributed by atoms with Gasteiger partial charge in [-0.25, -0.2) is 0 Å². The van der Waals surface area contributed by atoms with Crippen LogP contribution in [0.3, 0.4) is 0 Å². The van der Waals surface area contributed by atoms with E-state index in [9.17, 15) is 4.79 Å². The van der Waals surface area contributed by atoms with Crippen molar-refractivity contribution in [3.8, 4) is 0 Å². The quantitative estimate of drug-likeness (QED) is 0.703. The molecule has 0 aliphatic carbocycles. The normalized spacial score (nSPS) is 10.6. The number of hydrogen-bond donors (Lipinski definition) is 2. The summed E-state index contributed by atoms with van der Waals surface area (Å²) >= 11 is 0. The first kappa shape index (κ1) is 15.5. The van der Waals surface area contributed by atoms with Gasteiger partial charge in [0.25, 0.3) is 0 Å².